The second-order valence-corrected chi connectivity index (χ2v) is 4.98. The van der Waals surface area contributed by atoms with Crippen molar-refractivity contribution >= 4 is 23.5 Å². The second-order valence-electron chi connectivity index (χ2n) is 3.66. The molecule has 2 aromatic rings. The Labute approximate surface area is 109 Å². The molecule has 1 aromatic heterocycles. The first-order chi connectivity index (χ1) is 8.66. The molecule has 18 heavy (non-hydrogen) atoms. The number of nitrogens with one attached hydrogen (secondary N) is 1. The van der Waals surface area contributed by atoms with Gasteiger partial charge >= 0.3 is 0 Å². The molecule has 2 rings (SSSR count). The van der Waals surface area contributed by atoms with Gasteiger partial charge in [0.2, 0.25) is 0 Å². The lowest BCUT2D eigenvalue weighted by atomic mass is 10.2. The molecule has 0 atom stereocenters. The molecule has 1 aromatic carbocycles. The van der Waals surface area contributed by atoms with Gasteiger partial charge in [-0.3, -0.25) is 4.79 Å². The molecule has 1 heterocycles. The number of aromatic hydroxyl groups is 1. The fourth-order valence-corrected chi connectivity index (χ4v) is 2.15. The lowest BCUT2D eigenvalue weighted by Gasteiger charge is -2.01. The fourth-order valence-electron chi connectivity index (χ4n) is 1.40. The van der Waals surface area contributed by atoms with Crippen LogP contribution in [0.5, 0.6) is 5.75 Å². The average molecular weight is 260 g/mol. The maximum absolute atomic E-state index is 11.7. The van der Waals surface area contributed by atoms with Crippen molar-refractivity contribution in [3.8, 4) is 5.75 Å². The molecule has 0 saturated carbocycles. The van der Waals surface area contributed by atoms with Crippen LogP contribution in [-0.2, 0) is 0 Å². The zero-order valence-corrected chi connectivity index (χ0v) is 10.6. The van der Waals surface area contributed by atoms with Gasteiger partial charge in [-0.2, -0.15) is 5.10 Å². The number of thiophene rings is 1. The monoisotopic (exact) mass is 260 g/mol. The van der Waals surface area contributed by atoms with Gasteiger partial charge in [-0.15, -0.1) is 11.3 Å². The summed E-state index contributed by atoms with van der Waals surface area (Å²) in [4.78, 5) is 13.8. The van der Waals surface area contributed by atoms with Crippen molar-refractivity contribution in [2.24, 2.45) is 5.10 Å². The highest BCUT2D eigenvalue weighted by Gasteiger charge is 2.08. The number of hydrogen-bond donors (Lipinski definition) is 2. The Balaban J connectivity index is 2.01. The number of benzene rings is 1. The number of carbonyl (C=O) groups excluding carboxylic acids is 1. The number of aryl methyl sites for hydroxylation is 1. The van der Waals surface area contributed by atoms with Gasteiger partial charge < -0.3 is 5.11 Å². The minimum absolute atomic E-state index is 0.0582. The molecular weight excluding hydrogens is 248 g/mol. The smallest absolute Gasteiger partial charge is 0.275 e. The molecule has 0 aliphatic rings. The Morgan fingerprint density at radius 3 is 2.78 bits per heavy atom. The van der Waals surface area contributed by atoms with Crippen LogP contribution >= 0.6 is 11.3 Å². The number of hydrogen-bond acceptors (Lipinski definition) is 4. The van der Waals surface area contributed by atoms with Crippen molar-refractivity contribution in [3.05, 3.63) is 51.7 Å². The number of nitrogens with zero attached hydrogens (tertiary/aromatic N) is 1. The summed E-state index contributed by atoms with van der Waals surface area (Å²) in [5.41, 5.74) is 2.58. The molecule has 4 nitrogen and oxygen atoms in total. The molecule has 2 N–H and O–H groups in total. The molecule has 0 aliphatic heterocycles. The number of carbonyl (C=O) groups is 1. The molecular formula is C13H12N2O2S. The van der Waals surface area contributed by atoms with Crippen LogP contribution in [0.2, 0.25) is 0 Å². The maximum Gasteiger partial charge on any atom is 0.275 e. The third-order valence-corrected chi connectivity index (χ3v) is 3.20. The molecule has 0 spiro atoms. The fraction of sp³-hybridized carbons (Fsp3) is 0.0769. The minimum Gasteiger partial charge on any atom is -0.507 e. The van der Waals surface area contributed by atoms with Crippen molar-refractivity contribution in [2.75, 3.05) is 0 Å². The van der Waals surface area contributed by atoms with Crippen LogP contribution in [0.4, 0.5) is 0 Å². The van der Waals surface area contributed by atoms with Crippen molar-refractivity contribution in [3.63, 3.8) is 0 Å². The number of para-hydroxylation sites is 1. The lowest BCUT2D eigenvalue weighted by molar-refractivity contribution is 0.0952. The summed E-state index contributed by atoms with van der Waals surface area (Å²) >= 11 is 1.59. The largest absolute Gasteiger partial charge is 0.507 e. The summed E-state index contributed by atoms with van der Waals surface area (Å²) in [5.74, 6) is -0.491. The first-order valence-electron chi connectivity index (χ1n) is 5.34. The van der Waals surface area contributed by atoms with E-state index in [1.54, 1.807) is 29.7 Å². The van der Waals surface area contributed by atoms with E-state index in [4.69, 9.17) is 0 Å². The lowest BCUT2D eigenvalue weighted by Crippen LogP contribution is -2.17. The standard InChI is InChI=1S/C13H12N2O2S/c1-9-6-7-10(18-9)8-14-15-13(17)11-4-2-3-5-12(11)16/h2-8,16H,1H3,(H,15,17). The number of phenolic OH excluding ortho intramolecular Hbond substituents is 1. The Morgan fingerprint density at radius 2 is 2.11 bits per heavy atom. The summed E-state index contributed by atoms with van der Waals surface area (Å²) in [5, 5.41) is 13.3. The molecule has 0 fully saturated rings. The first-order valence-corrected chi connectivity index (χ1v) is 6.16. The van der Waals surface area contributed by atoms with Gasteiger partial charge in [0.25, 0.3) is 5.91 Å². The SMILES string of the molecule is Cc1ccc(C=NNC(=O)c2ccccc2O)s1. The van der Waals surface area contributed by atoms with Gasteiger partial charge in [0, 0.05) is 9.75 Å². The van der Waals surface area contributed by atoms with E-state index in [0.717, 1.165) is 4.88 Å². The first kappa shape index (κ1) is 12.3. The highest BCUT2D eigenvalue weighted by Crippen LogP contribution is 2.15. The van der Waals surface area contributed by atoms with E-state index in [-0.39, 0.29) is 11.3 Å². The third kappa shape index (κ3) is 2.95. The summed E-state index contributed by atoms with van der Waals surface area (Å²) < 4.78 is 0. The highest BCUT2D eigenvalue weighted by molar-refractivity contribution is 7.13. The van der Waals surface area contributed by atoms with E-state index >= 15 is 0 Å². The van der Waals surface area contributed by atoms with Crippen molar-refractivity contribution in [1.29, 1.82) is 0 Å². The zero-order valence-electron chi connectivity index (χ0n) is 9.75. The third-order valence-electron chi connectivity index (χ3n) is 2.27. The minimum atomic E-state index is -0.433. The molecule has 0 unspecified atom stereocenters. The summed E-state index contributed by atoms with van der Waals surface area (Å²) in [7, 11) is 0. The van der Waals surface area contributed by atoms with E-state index in [9.17, 15) is 9.90 Å². The van der Waals surface area contributed by atoms with E-state index in [2.05, 4.69) is 10.5 Å². The van der Waals surface area contributed by atoms with Gasteiger partial charge in [-0.05, 0) is 31.2 Å². The van der Waals surface area contributed by atoms with Crippen molar-refractivity contribution in [1.82, 2.24) is 5.43 Å². The summed E-state index contributed by atoms with van der Waals surface area (Å²) in [6.45, 7) is 2.00. The molecule has 0 bridgehead atoms. The number of rotatable bonds is 3. The van der Waals surface area contributed by atoms with Gasteiger partial charge in [-0.1, -0.05) is 12.1 Å². The maximum atomic E-state index is 11.7. The van der Waals surface area contributed by atoms with Gasteiger partial charge in [-0.25, -0.2) is 5.43 Å². The Morgan fingerprint density at radius 1 is 1.33 bits per heavy atom. The van der Waals surface area contributed by atoms with Crippen LogP contribution in [0.15, 0.2) is 41.5 Å². The van der Waals surface area contributed by atoms with Crippen LogP contribution in [0, 0.1) is 6.92 Å². The topological polar surface area (TPSA) is 61.7 Å². The Hall–Kier alpha value is -2.14. The van der Waals surface area contributed by atoms with Gasteiger partial charge in [0.1, 0.15) is 5.75 Å². The van der Waals surface area contributed by atoms with Crippen LogP contribution in [0.1, 0.15) is 20.1 Å². The summed E-state index contributed by atoms with van der Waals surface area (Å²) in [6, 6.07) is 10.2. The second kappa shape index (κ2) is 5.46. The van der Waals surface area contributed by atoms with Crippen LogP contribution in [0.3, 0.4) is 0 Å². The predicted octanol–water partition coefficient (Wildman–Crippen LogP) is 2.53. The average Bonchev–Trinajstić information content (AvgIpc) is 2.75. The van der Waals surface area contributed by atoms with E-state index < -0.39 is 5.91 Å². The number of hydrazone groups is 1. The van der Waals surface area contributed by atoms with Crippen LogP contribution < -0.4 is 5.43 Å². The van der Waals surface area contributed by atoms with Crippen LogP contribution in [-0.4, -0.2) is 17.2 Å². The molecule has 0 aliphatic carbocycles. The Bertz CT molecular complexity index is 590. The van der Waals surface area contributed by atoms with E-state index in [1.165, 1.54) is 17.0 Å². The van der Waals surface area contributed by atoms with E-state index in [0.29, 0.717) is 0 Å². The molecule has 1 amide bonds. The number of amides is 1. The molecule has 92 valence electrons. The quantitative estimate of drug-likeness (QED) is 0.658. The van der Waals surface area contributed by atoms with Crippen molar-refractivity contribution in [2.45, 2.75) is 6.92 Å². The molecule has 0 saturated heterocycles. The molecule has 0 radical (unpaired) electrons. The van der Waals surface area contributed by atoms with Crippen LogP contribution in [0.25, 0.3) is 0 Å². The summed E-state index contributed by atoms with van der Waals surface area (Å²) in [6.07, 6.45) is 1.58. The van der Waals surface area contributed by atoms with Gasteiger partial charge in [0.05, 0.1) is 11.8 Å². The molecule has 5 heteroatoms. The van der Waals surface area contributed by atoms with Crippen molar-refractivity contribution < 1.29 is 9.90 Å². The normalized spacial score (nSPS) is 10.7. The van der Waals surface area contributed by atoms with Gasteiger partial charge in [0.15, 0.2) is 0 Å². The highest BCUT2D eigenvalue weighted by atomic mass is 32.1. The Kier molecular flexibility index (Phi) is 3.74. The zero-order chi connectivity index (χ0) is 13.0. The predicted molar refractivity (Wildman–Crippen MR) is 72.2 cm³/mol. The number of phenols is 1. The van der Waals surface area contributed by atoms with E-state index in [1.807, 2.05) is 19.1 Å².